The highest BCUT2D eigenvalue weighted by molar-refractivity contribution is 6.01. The minimum atomic E-state index is -0.535. The lowest BCUT2D eigenvalue weighted by atomic mass is 9.69. The van der Waals surface area contributed by atoms with Crippen LogP contribution < -0.4 is 0 Å². The monoisotopic (exact) mass is 337 g/mol. The highest BCUT2D eigenvalue weighted by Gasteiger charge is 2.62. The number of carbonyl (C=O) groups excluding carboxylic acids is 2. The third kappa shape index (κ3) is 2.39. The standard InChI is InChI=1S/C18H24FNO4/c1-4-8-24-18(22)16-14-11(6-5-7-12(14)23-3)15-13(10(2)9-19)17(21)20(15)16/h4,10-13,15H,1,5-9H2,2-3H3/t10-,11+,12+,13-,15-/m1/s1. The molecule has 0 N–H and O–H groups in total. The van der Waals surface area contributed by atoms with Crippen LogP contribution >= 0.6 is 0 Å². The summed E-state index contributed by atoms with van der Waals surface area (Å²) in [6.07, 6.45) is 3.98. The Labute approximate surface area is 141 Å². The van der Waals surface area contributed by atoms with E-state index in [2.05, 4.69) is 6.58 Å². The van der Waals surface area contributed by atoms with Crippen LogP contribution in [0, 0.1) is 17.8 Å². The maximum atomic E-state index is 13.2. The Morgan fingerprint density at radius 1 is 1.50 bits per heavy atom. The summed E-state index contributed by atoms with van der Waals surface area (Å²) in [4.78, 5) is 26.7. The Morgan fingerprint density at radius 2 is 2.25 bits per heavy atom. The number of alkyl halides is 1. The largest absolute Gasteiger partial charge is 0.457 e. The zero-order valence-corrected chi connectivity index (χ0v) is 14.2. The van der Waals surface area contributed by atoms with Gasteiger partial charge in [0.2, 0.25) is 5.91 Å². The molecule has 6 heteroatoms. The molecule has 132 valence electrons. The zero-order chi connectivity index (χ0) is 17.4. The van der Waals surface area contributed by atoms with Gasteiger partial charge in [0.25, 0.3) is 0 Å². The van der Waals surface area contributed by atoms with Crippen LogP contribution in [-0.4, -0.2) is 49.3 Å². The van der Waals surface area contributed by atoms with Gasteiger partial charge in [-0.3, -0.25) is 9.18 Å². The first-order valence-corrected chi connectivity index (χ1v) is 8.50. The molecular weight excluding hydrogens is 313 g/mol. The van der Waals surface area contributed by atoms with Gasteiger partial charge in [0, 0.05) is 13.0 Å². The molecule has 2 heterocycles. The fourth-order valence-corrected chi connectivity index (χ4v) is 4.46. The second-order valence-electron chi connectivity index (χ2n) is 6.81. The Morgan fingerprint density at radius 3 is 2.88 bits per heavy atom. The van der Waals surface area contributed by atoms with E-state index < -0.39 is 12.6 Å². The van der Waals surface area contributed by atoms with Gasteiger partial charge in [-0.1, -0.05) is 19.6 Å². The number of β-lactam (4-membered cyclic amide) rings is 1. The average Bonchev–Trinajstić information content (AvgIpc) is 2.90. The van der Waals surface area contributed by atoms with Crippen LogP contribution in [0.3, 0.4) is 0 Å². The van der Waals surface area contributed by atoms with E-state index in [0.29, 0.717) is 5.70 Å². The van der Waals surface area contributed by atoms with Gasteiger partial charge in [0.1, 0.15) is 12.3 Å². The van der Waals surface area contributed by atoms with Crippen molar-refractivity contribution in [3.63, 3.8) is 0 Å². The molecule has 24 heavy (non-hydrogen) atoms. The van der Waals surface area contributed by atoms with E-state index in [1.165, 1.54) is 6.08 Å². The summed E-state index contributed by atoms with van der Waals surface area (Å²) in [6, 6.07) is -0.137. The Bertz CT molecular complexity index is 588. The summed E-state index contributed by atoms with van der Waals surface area (Å²) < 4.78 is 23.9. The third-order valence-corrected chi connectivity index (χ3v) is 5.51. The lowest BCUT2D eigenvalue weighted by Gasteiger charge is -2.48. The number of methoxy groups -OCH3 is 1. The molecule has 1 saturated carbocycles. The topological polar surface area (TPSA) is 55.8 Å². The number of fused-ring (bicyclic) bond motifs is 3. The lowest BCUT2D eigenvalue weighted by molar-refractivity contribution is -0.161. The summed E-state index contributed by atoms with van der Waals surface area (Å²) in [5, 5.41) is 0. The van der Waals surface area contributed by atoms with E-state index in [0.717, 1.165) is 24.8 Å². The van der Waals surface area contributed by atoms with Gasteiger partial charge in [-0.25, -0.2) is 4.79 Å². The molecule has 5 atom stereocenters. The zero-order valence-electron chi connectivity index (χ0n) is 14.2. The van der Waals surface area contributed by atoms with E-state index >= 15 is 0 Å². The lowest BCUT2D eigenvalue weighted by Crippen LogP contribution is -2.63. The van der Waals surface area contributed by atoms with Crippen LogP contribution in [0.2, 0.25) is 0 Å². The van der Waals surface area contributed by atoms with Gasteiger partial charge in [-0.15, -0.1) is 0 Å². The fourth-order valence-electron chi connectivity index (χ4n) is 4.46. The third-order valence-electron chi connectivity index (χ3n) is 5.51. The van der Waals surface area contributed by atoms with E-state index in [1.807, 2.05) is 0 Å². The van der Waals surface area contributed by atoms with Crippen molar-refractivity contribution in [3.05, 3.63) is 23.9 Å². The quantitative estimate of drug-likeness (QED) is 0.424. The summed E-state index contributed by atoms with van der Waals surface area (Å²) in [5.74, 6) is -1.33. The minimum Gasteiger partial charge on any atom is -0.457 e. The van der Waals surface area contributed by atoms with Crippen molar-refractivity contribution in [3.8, 4) is 0 Å². The van der Waals surface area contributed by atoms with Crippen molar-refractivity contribution in [1.29, 1.82) is 0 Å². The van der Waals surface area contributed by atoms with Gasteiger partial charge in [0.05, 0.1) is 24.7 Å². The molecule has 0 bridgehead atoms. The number of hydrogen-bond donors (Lipinski definition) is 0. The number of carbonyl (C=O) groups is 2. The average molecular weight is 337 g/mol. The second kappa shape index (κ2) is 6.67. The molecule has 1 aliphatic carbocycles. The smallest absolute Gasteiger partial charge is 0.355 e. The maximum Gasteiger partial charge on any atom is 0.355 e. The molecular formula is C18H24FNO4. The highest BCUT2D eigenvalue weighted by atomic mass is 19.1. The van der Waals surface area contributed by atoms with Crippen LogP contribution in [0.5, 0.6) is 0 Å². The van der Waals surface area contributed by atoms with Crippen LogP contribution in [0.15, 0.2) is 23.9 Å². The van der Waals surface area contributed by atoms with Crippen LogP contribution in [0.25, 0.3) is 0 Å². The first-order valence-electron chi connectivity index (χ1n) is 8.50. The molecule has 0 radical (unpaired) electrons. The molecule has 0 aromatic carbocycles. The van der Waals surface area contributed by atoms with Crippen molar-refractivity contribution >= 4 is 11.9 Å². The molecule has 1 amide bonds. The van der Waals surface area contributed by atoms with Crippen LogP contribution in [-0.2, 0) is 19.1 Å². The van der Waals surface area contributed by atoms with E-state index in [4.69, 9.17) is 9.47 Å². The van der Waals surface area contributed by atoms with E-state index in [9.17, 15) is 14.0 Å². The van der Waals surface area contributed by atoms with Crippen molar-refractivity contribution in [1.82, 2.24) is 4.90 Å². The van der Waals surface area contributed by atoms with Gasteiger partial charge in [-0.05, 0) is 30.8 Å². The number of nitrogens with zero attached hydrogens (tertiary/aromatic N) is 1. The highest BCUT2D eigenvalue weighted by Crippen LogP contribution is 2.53. The summed E-state index contributed by atoms with van der Waals surface area (Å²) >= 11 is 0. The predicted octanol–water partition coefficient (Wildman–Crippen LogP) is 2.23. The number of halogens is 1. The summed E-state index contributed by atoms with van der Waals surface area (Å²) in [5.41, 5.74) is 1.19. The SMILES string of the molecule is C=CCOC(=O)C1=C2[C@@H](OC)CCC[C@@H]2[C@@H]2[C@@H]([C@H](C)CF)C(=O)N12. The first-order chi connectivity index (χ1) is 11.6. The summed E-state index contributed by atoms with van der Waals surface area (Å²) in [7, 11) is 1.62. The number of esters is 1. The van der Waals surface area contributed by atoms with E-state index in [1.54, 1.807) is 18.9 Å². The Hall–Kier alpha value is -1.69. The van der Waals surface area contributed by atoms with Crippen molar-refractivity contribution in [2.75, 3.05) is 20.4 Å². The minimum absolute atomic E-state index is 0.0617. The maximum absolute atomic E-state index is 13.2. The molecule has 0 unspecified atom stereocenters. The van der Waals surface area contributed by atoms with Gasteiger partial charge in [0.15, 0.2) is 0 Å². The van der Waals surface area contributed by atoms with Gasteiger partial charge >= 0.3 is 5.97 Å². The molecule has 3 aliphatic rings. The predicted molar refractivity (Wildman–Crippen MR) is 85.6 cm³/mol. The Kier molecular flexibility index (Phi) is 4.76. The van der Waals surface area contributed by atoms with Crippen molar-refractivity contribution in [2.24, 2.45) is 17.8 Å². The number of hydrogen-bond acceptors (Lipinski definition) is 4. The van der Waals surface area contributed by atoms with Gasteiger partial charge < -0.3 is 14.4 Å². The van der Waals surface area contributed by atoms with Crippen molar-refractivity contribution in [2.45, 2.75) is 38.3 Å². The molecule has 0 aromatic rings. The molecule has 2 aliphatic heterocycles. The fraction of sp³-hybridized carbons (Fsp3) is 0.667. The molecule has 5 nitrogen and oxygen atoms in total. The normalized spacial score (nSPS) is 32.8. The molecule has 3 rings (SSSR count). The number of ether oxygens (including phenoxy) is 2. The van der Waals surface area contributed by atoms with Crippen LogP contribution in [0.4, 0.5) is 4.39 Å². The molecule has 0 aromatic heterocycles. The molecule has 0 spiro atoms. The second-order valence-corrected chi connectivity index (χ2v) is 6.81. The number of rotatable bonds is 6. The number of amides is 1. The van der Waals surface area contributed by atoms with Gasteiger partial charge in [-0.2, -0.15) is 0 Å². The van der Waals surface area contributed by atoms with Crippen molar-refractivity contribution < 1.29 is 23.5 Å². The molecule has 1 saturated heterocycles. The summed E-state index contributed by atoms with van der Waals surface area (Å²) in [6.45, 7) is 4.85. The van der Waals surface area contributed by atoms with Crippen LogP contribution in [0.1, 0.15) is 26.2 Å². The molecule has 2 fully saturated rings. The first kappa shape index (κ1) is 17.1. The Balaban J connectivity index is 1.98. The van der Waals surface area contributed by atoms with E-state index in [-0.39, 0.29) is 42.4 Å².